The van der Waals surface area contributed by atoms with Gasteiger partial charge in [-0.25, -0.2) is 4.79 Å². The molecule has 0 aromatic heterocycles. The molecule has 2 aromatic carbocycles. The first-order valence-electron chi connectivity index (χ1n) is 28.1. The van der Waals surface area contributed by atoms with Crippen LogP contribution >= 0.6 is 11.8 Å². The number of rotatable bonds is 42. The second kappa shape index (κ2) is 39.9. The zero-order chi connectivity index (χ0) is 65.2. The SMILES string of the molecule is CC[C@H](C)[C@H](NC(=O)[C@H](CCC(N)=O)NC(=O)[C@H](CCSC)NC(=O)[C@H](CC(=O)O)NC(=O)[C@H](CCCCN)NC(=O)[C@H](Cc1ccccc1)NC(=O)[C@H](CO)NC(=O)[C@@H](N)Cc1ccc(O)cc1)C(=O)NCC(=O)N[C@@H](CCCN=C(N)N)C(=O)O. The third kappa shape index (κ3) is 28.9. The van der Waals surface area contributed by atoms with Crippen LogP contribution in [0.25, 0.3) is 0 Å². The van der Waals surface area contributed by atoms with Crippen molar-refractivity contribution in [1.29, 1.82) is 0 Å². The monoisotopic (exact) mass is 1240 g/mol. The van der Waals surface area contributed by atoms with Crippen LogP contribution in [0.2, 0.25) is 0 Å². The molecule has 0 aliphatic rings. The molecule has 0 heterocycles. The molecule has 2 rings (SSSR count). The van der Waals surface area contributed by atoms with Crippen LogP contribution in [0.15, 0.2) is 59.6 Å². The molecule has 0 fully saturated rings. The Morgan fingerprint density at radius 3 is 1.66 bits per heavy atom. The number of hydrogen-bond acceptors (Lipinski definition) is 18. The van der Waals surface area contributed by atoms with Gasteiger partial charge < -0.3 is 96.9 Å². The molecule has 10 amide bonds. The number of carboxylic acid groups (broad SMARTS) is 2. The largest absolute Gasteiger partial charge is 0.508 e. The fourth-order valence-electron chi connectivity index (χ4n) is 8.32. The predicted octanol–water partition coefficient (Wildman–Crippen LogP) is -4.70. The lowest BCUT2D eigenvalue weighted by Gasteiger charge is -2.28. The number of thioether (sulfide) groups is 1. The average Bonchev–Trinajstić information content (AvgIpc) is 3.26. The van der Waals surface area contributed by atoms with Crippen LogP contribution in [0.3, 0.4) is 0 Å². The number of aliphatic carboxylic acids is 2. The number of aliphatic hydroxyl groups is 1. The van der Waals surface area contributed by atoms with Crippen LogP contribution in [0.5, 0.6) is 5.75 Å². The van der Waals surface area contributed by atoms with E-state index in [2.05, 4.69) is 52.8 Å². The number of carbonyl (C=O) groups excluding carboxylic acids is 10. The molecule has 2 aromatic rings. The van der Waals surface area contributed by atoms with Gasteiger partial charge in [-0.2, -0.15) is 11.8 Å². The maximum absolute atomic E-state index is 14.3. The summed E-state index contributed by atoms with van der Waals surface area (Å²) in [6, 6.07) is 0.580. The summed E-state index contributed by atoms with van der Waals surface area (Å²) in [5.74, 6) is -13.3. The molecule has 31 nitrogen and oxygen atoms in total. The zero-order valence-corrected chi connectivity index (χ0v) is 49.7. The number of primary amides is 1. The smallest absolute Gasteiger partial charge is 0.326 e. The molecule has 23 N–H and O–H groups in total. The number of guanidine groups is 1. The van der Waals surface area contributed by atoms with Gasteiger partial charge in [0.15, 0.2) is 5.96 Å². The van der Waals surface area contributed by atoms with Gasteiger partial charge in [-0.15, -0.1) is 0 Å². The summed E-state index contributed by atoms with van der Waals surface area (Å²) >= 11 is 1.24. The number of phenolic OH excluding ortho intramolecular Hbond substituents is 1. The molecule has 87 heavy (non-hydrogen) atoms. The number of amides is 10. The van der Waals surface area contributed by atoms with Crippen LogP contribution < -0.4 is 76.5 Å². The average molecular weight is 1240 g/mol. The molecule has 10 atom stereocenters. The van der Waals surface area contributed by atoms with Crippen molar-refractivity contribution in [3.05, 3.63) is 65.7 Å². The Bertz CT molecular complexity index is 2650. The molecule has 32 heteroatoms. The first-order chi connectivity index (χ1) is 41.2. The Balaban J connectivity index is 2.39. The number of nitrogens with two attached hydrogens (primary N) is 5. The number of nitrogens with one attached hydrogen (secondary N) is 9. The lowest BCUT2D eigenvalue weighted by molar-refractivity contribution is -0.142. The van der Waals surface area contributed by atoms with E-state index in [4.69, 9.17) is 28.7 Å². The van der Waals surface area contributed by atoms with Crippen molar-refractivity contribution in [2.45, 2.75) is 145 Å². The van der Waals surface area contributed by atoms with E-state index < -0.39 is 164 Å². The van der Waals surface area contributed by atoms with E-state index in [1.54, 1.807) is 62.6 Å². The molecule has 0 spiro atoms. The number of aliphatic hydroxyl groups excluding tert-OH is 1. The molecule has 0 aliphatic heterocycles. The highest BCUT2D eigenvalue weighted by Gasteiger charge is 2.36. The normalized spacial score (nSPS) is 14.4. The molecule has 482 valence electrons. The first-order valence-corrected chi connectivity index (χ1v) is 29.5. The summed E-state index contributed by atoms with van der Waals surface area (Å²) in [5, 5.41) is 61.3. The summed E-state index contributed by atoms with van der Waals surface area (Å²) < 4.78 is 0. The molecule has 0 unspecified atom stereocenters. The molecular weight excluding hydrogens is 1160 g/mol. The first kappa shape index (κ1) is 74.5. The number of carboxylic acids is 2. The number of hydrogen-bond donors (Lipinski definition) is 18. The number of unbranched alkanes of at least 4 members (excludes halogenated alkanes) is 1. The molecular formula is C55H85N15O16S. The van der Waals surface area contributed by atoms with Gasteiger partial charge in [0.05, 0.1) is 25.6 Å². The minimum absolute atomic E-state index is 0.00675. The van der Waals surface area contributed by atoms with Gasteiger partial charge in [-0.1, -0.05) is 62.7 Å². The highest BCUT2D eigenvalue weighted by molar-refractivity contribution is 7.98. The van der Waals surface area contributed by atoms with Gasteiger partial charge in [0.2, 0.25) is 59.1 Å². The molecule has 0 saturated heterocycles. The van der Waals surface area contributed by atoms with Gasteiger partial charge in [0.25, 0.3) is 0 Å². The van der Waals surface area contributed by atoms with E-state index in [-0.39, 0.29) is 75.5 Å². The topological polar surface area (TPSA) is 536 Å². The van der Waals surface area contributed by atoms with E-state index in [0.29, 0.717) is 24.0 Å². The third-order valence-electron chi connectivity index (χ3n) is 13.4. The standard InChI is InChI=1S/C55H85N15O16S/c1-4-30(2)45(53(84)62-28-43(74)63-38(54(85)86)14-10-23-61-55(59)60)70-49(80)36(19-20-42(58)73)65-48(79)37(21-24-87-3)66-51(82)40(27-44(75)76)68-47(78)35(13-8-9-22-56)64-50(81)39(26-31-11-6-5-7-12-31)67-52(83)41(29-71)69-46(77)34(57)25-32-15-17-33(72)18-16-32/h5-7,11-12,15-18,30,34-41,45,71-72H,4,8-10,13-14,19-29,56-57H2,1-3H3,(H2,58,73)(H,62,84)(H,63,74)(H,64,81)(H,65,79)(H,66,82)(H,67,83)(H,68,78)(H,69,77)(H,70,80)(H,75,76)(H,85,86)(H4,59,60,61)/t30-,34-,35-,36-,37-,38-,39-,40-,41-,45-/m0/s1. The van der Waals surface area contributed by atoms with Gasteiger partial charge in [-0.3, -0.25) is 57.7 Å². The molecule has 0 aliphatic carbocycles. The summed E-state index contributed by atoms with van der Waals surface area (Å²) in [6.07, 6.45) is 0.251. The van der Waals surface area contributed by atoms with Crippen LogP contribution in [-0.4, -0.2) is 190 Å². The summed E-state index contributed by atoms with van der Waals surface area (Å²) in [7, 11) is 0. The summed E-state index contributed by atoms with van der Waals surface area (Å²) in [4.78, 5) is 164. The predicted molar refractivity (Wildman–Crippen MR) is 319 cm³/mol. The Hall–Kier alpha value is -8.62. The fraction of sp³-hybridized carbons (Fsp3) is 0.545. The minimum Gasteiger partial charge on any atom is -0.508 e. The maximum atomic E-state index is 14.3. The van der Waals surface area contributed by atoms with Crippen molar-refractivity contribution < 1.29 is 78.0 Å². The van der Waals surface area contributed by atoms with Gasteiger partial charge in [0, 0.05) is 19.4 Å². The highest BCUT2D eigenvalue weighted by Crippen LogP contribution is 2.14. The number of aromatic hydroxyl groups is 1. The number of benzene rings is 2. The molecule has 0 radical (unpaired) electrons. The van der Waals surface area contributed by atoms with E-state index >= 15 is 0 Å². The zero-order valence-electron chi connectivity index (χ0n) is 48.9. The van der Waals surface area contributed by atoms with Crippen molar-refractivity contribution >= 4 is 88.7 Å². The second-order valence-electron chi connectivity index (χ2n) is 20.4. The molecule has 0 bridgehead atoms. The van der Waals surface area contributed by atoms with Crippen LogP contribution in [0.1, 0.15) is 89.2 Å². The van der Waals surface area contributed by atoms with Crippen LogP contribution in [0, 0.1) is 5.92 Å². The maximum Gasteiger partial charge on any atom is 0.326 e. The Morgan fingerprint density at radius 1 is 0.586 bits per heavy atom. The number of aliphatic imine (C=N–C) groups is 1. The van der Waals surface area contributed by atoms with Crippen molar-refractivity contribution in [3.63, 3.8) is 0 Å². The van der Waals surface area contributed by atoms with E-state index in [0.717, 1.165) is 0 Å². The molecule has 0 saturated carbocycles. The summed E-state index contributed by atoms with van der Waals surface area (Å²) in [5.41, 5.74) is 29.0. The second-order valence-corrected chi connectivity index (χ2v) is 21.4. The number of phenols is 1. The Kier molecular flexibility index (Phi) is 34.1. The van der Waals surface area contributed by atoms with Crippen molar-refractivity contribution in [2.24, 2.45) is 39.6 Å². The third-order valence-corrected chi connectivity index (χ3v) is 14.0. The quantitative estimate of drug-likeness (QED) is 0.0169. The van der Waals surface area contributed by atoms with Gasteiger partial charge in [-0.05, 0) is 99.1 Å². The Morgan fingerprint density at radius 2 is 1.10 bits per heavy atom. The Labute approximate surface area is 507 Å². The number of nitrogens with zero attached hydrogens (tertiary/aromatic N) is 1. The van der Waals surface area contributed by atoms with Crippen molar-refractivity contribution in [2.75, 3.05) is 38.2 Å². The van der Waals surface area contributed by atoms with Gasteiger partial charge >= 0.3 is 11.9 Å². The van der Waals surface area contributed by atoms with Crippen molar-refractivity contribution in [3.8, 4) is 5.75 Å². The van der Waals surface area contributed by atoms with Crippen LogP contribution in [-0.2, 0) is 70.4 Å². The minimum atomic E-state index is -1.92. The highest BCUT2D eigenvalue weighted by atomic mass is 32.2. The van der Waals surface area contributed by atoms with Gasteiger partial charge in [0.1, 0.15) is 54.1 Å². The fourth-order valence-corrected chi connectivity index (χ4v) is 8.79. The summed E-state index contributed by atoms with van der Waals surface area (Å²) in [6.45, 7) is 1.90. The lowest BCUT2D eigenvalue weighted by atomic mass is 9.97. The van der Waals surface area contributed by atoms with Crippen molar-refractivity contribution in [1.82, 2.24) is 47.9 Å². The number of carbonyl (C=O) groups is 12. The lowest BCUT2D eigenvalue weighted by Crippen LogP contribution is -2.61. The van der Waals surface area contributed by atoms with E-state index in [1.807, 2.05) is 0 Å². The van der Waals surface area contributed by atoms with E-state index in [9.17, 15) is 78.0 Å². The van der Waals surface area contributed by atoms with E-state index in [1.165, 1.54) is 23.9 Å². The van der Waals surface area contributed by atoms with Crippen LogP contribution in [0.4, 0.5) is 0 Å².